The average Bonchev–Trinajstić information content (AvgIpc) is 3.03. The summed E-state index contributed by atoms with van der Waals surface area (Å²) in [7, 11) is 0. The molecule has 3 heterocycles. The van der Waals surface area contributed by atoms with E-state index in [-0.39, 0.29) is 23.7 Å². The average molecular weight is 396 g/mol. The topological polar surface area (TPSA) is 84.9 Å². The van der Waals surface area contributed by atoms with E-state index in [1.807, 2.05) is 6.92 Å². The van der Waals surface area contributed by atoms with Crippen LogP contribution in [0, 0.1) is 5.92 Å². The summed E-state index contributed by atoms with van der Waals surface area (Å²) in [6.45, 7) is 4.10. The third-order valence-electron chi connectivity index (χ3n) is 5.40. The van der Waals surface area contributed by atoms with Crippen molar-refractivity contribution in [3.05, 3.63) is 23.8 Å². The minimum absolute atomic E-state index is 0.160. The molecule has 2 saturated heterocycles. The lowest BCUT2D eigenvalue weighted by atomic mass is 9.90. The Morgan fingerprint density at radius 3 is 2.85 bits per heavy atom. The third-order valence-corrected chi connectivity index (χ3v) is 6.28. The Bertz CT molecular complexity index is 634. The minimum atomic E-state index is -1.51. The normalized spacial score (nSPS) is 40.5. The van der Waals surface area contributed by atoms with Crippen LogP contribution in [0.5, 0.6) is 0 Å². The SMILES string of the molecule is C/C1=C\C(=O)O[C@@H]2C[C@@H](CC[C@H](C)C=CCC1)O[C@@](O)([C@@H]1CSC(=O)N1)C2. The van der Waals surface area contributed by atoms with Crippen molar-refractivity contribution in [1.29, 1.82) is 0 Å². The number of aliphatic hydroxyl groups is 1. The molecule has 3 aliphatic rings. The van der Waals surface area contributed by atoms with Crippen molar-refractivity contribution in [2.75, 3.05) is 5.75 Å². The van der Waals surface area contributed by atoms with Gasteiger partial charge in [-0.2, -0.15) is 0 Å². The first-order chi connectivity index (χ1) is 12.8. The molecule has 3 aliphatic heterocycles. The molecule has 6 nitrogen and oxygen atoms in total. The monoisotopic (exact) mass is 395 g/mol. The molecule has 0 spiro atoms. The summed E-state index contributed by atoms with van der Waals surface area (Å²) in [4.78, 5) is 23.9. The van der Waals surface area contributed by atoms with Crippen LogP contribution in [-0.2, 0) is 14.3 Å². The van der Waals surface area contributed by atoms with Gasteiger partial charge in [-0.1, -0.05) is 36.4 Å². The molecule has 2 bridgehead atoms. The van der Waals surface area contributed by atoms with E-state index < -0.39 is 17.9 Å². The summed E-state index contributed by atoms with van der Waals surface area (Å²) in [6.07, 6.45) is 9.42. The van der Waals surface area contributed by atoms with E-state index in [9.17, 15) is 14.7 Å². The molecule has 0 aromatic heterocycles. The first kappa shape index (κ1) is 20.4. The Kier molecular flexibility index (Phi) is 6.65. The van der Waals surface area contributed by atoms with Gasteiger partial charge in [0.1, 0.15) is 6.10 Å². The second-order valence-corrected chi connectivity index (χ2v) is 8.88. The van der Waals surface area contributed by atoms with Crippen molar-refractivity contribution in [3.63, 3.8) is 0 Å². The maximum Gasteiger partial charge on any atom is 0.330 e. The van der Waals surface area contributed by atoms with E-state index in [1.165, 1.54) is 0 Å². The molecule has 3 rings (SSSR count). The number of fused-ring (bicyclic) bond motifs is 2. The Hall–Kier alpha value is -1.31. The van der Waals surface area contributed by atoms with Crippen molar-refractivity contribution < 1.29 is 24.2 Å². The zero-order valence-electron chi connectivity index (χ0n) is 16.0. The fraction of sp³-hybridized carbons (Fsp3) is 0.700. The summed E-state index contributed by atoms with van der Waals surface area (Å²) in [5.41, 5.74) is 0.979. The molecule has 2 N–H and O–H groups in total. The number of hydrogen-bond donors (Lipinski definition) is 2. The van der Waals surface area contributed by atoms with Gasteiger partial charge < -0.3 is 19.9 Å². The number of hydrogen-bond acceptors (Lipinski definition) is 6. The number of rotatable bonds is 1. The lowest BCUT2D eigenvalue weighted by Gasteiger charge is -2.43. The molecule has 0 aromatic carbocycles. The van der Waals surface area contributed by atoms with Gasteiger partial charge in [0.05, 0.1) is 12.1 Å². The molecular formula is C20H29NO5S. The second-order valence-electron chi connectivity index (χ2n) is 7.89. The zero-order chi connectivity index (χ0) is 19.4. The van der Waals surface area contributed by atoms with Crippen LogP contribution in [0.2, 0.25) is 0 Å². The van der Waals surface area contributed by atoms with Gasteiger partial charge in [-0.05, 0) is 38.5 Å². The molecule has 2 fully saturated rings. The van der Waals surface area contributed by atoms with Crippen molar-refractivity contribution in [3.8, 4) is 0 Å². The van der Waals surface area contributed by atoms with Crippen LogP contribution in [0.25, 0.3) is 0 Å². The van der Waals surface area contributed by atoms with Crippen molar-refractivity contribution in [2.45, 2.75) is 76.4 Å². The maximum atomic E-state index is 12.3. The molecular weight excluding hydrogens is 366 g/mol. The number of nitrogens with one attached hydrogen (secondary N) is 1. The molecule has 1 amide bonds. The van der Waals surface area contributed by atoms with Gasteiger partial charge in [-0.25, -0.2) is 4.79 Å². The first-order valence-electron chi connectivity index (χ1n) is 9.72. The second kappa shape index (κ2) is 8.80. The van der Waals surface area contributed by atoms with Gasteiger partial charge in [0.25, 0.3) is 5.24 Å². The Labute approximate surface area is 164 Å². The molecule has 0 unspecified atom stereocenters. The van der Waals surface area contributed by atoms with Gasteiger partial charge >= 0.3 is 5.97 Å². The van der Waals surface area contributed by atoms with Crippen LogP contribution in [-0.4, -0.2) is 46.1 Å². The number of thioether (sulfide) groups is 1. The van der Waals surface area contributed by atoms with Gasteiger partial charge in [0.2, 0.25) is 0 Å². The van der Waals surface area contributed by atoms with E-state index in [4.69, 9.17) is 9.47 Å². The van der Waals surface area contributed by atoms with Gasteiger partial charge in [0, 0.05) is 24.7 Å². The van der Waals surface area contributed by atoms with E-state index in [1.54, 1.807) is 6.08 Å². The predicted octanol–water partition coefficient (Wildman–Crippen LogP) is 3.30. The maximum absolute atomic E-state index is 12.3. The van der Waals surface area contributed by atoms with Crippen LogP contribution >= 0.6 is 11.8 Å². The van der Waals surface area contributed by atoms with E-state index in [2.05, 4.69) is 24.4 Å². The number of ether oxygens (including phenoxy) is 2. The van der Waals surface area contributed by atoms with Gasteiger partial charge in [0.15, 0.2) is 5.79 Å². The van der Waals surface area contributed by atoms with Crippen LogP contribution < -0.4 is 5.32 Å². The van der Waals surface area contributed by atoms with Crippen molar-refractivity contribution >= 4 is 23.0 Å². The van der Waals surface area contributed by atoms with Gasteiger partial charge in [-0.3, -0.25) is 4.79 Å². The van der Waals surface area contributed by atoms with Crippen LogP contribution in [0.15, 0.2) is 23.8 Å². The Morgan fingerprint density at radius 1 is 1.30 bits per heavy atom. The molecule has 0 aromatic rings. The molecule has 0 saturated carbocycles. The van der Waals surface area contributed by atoms with E-state index in [0.717, 1.165) is 43.0 Å². The lowest BCUT2D eigenvalue weighted by molar-refractivity contribution is -0.283. The van der Waals surface area contributed by atoms with E-state index >= 15 is 0 Å². The molecule has 0 aliphatic carbocycles. The molecule has 0 radical (unpaired) electrons. The number of amides is 1. The largest absolute Gasteiger partial charge is 0.459 e. The smallest absolute Gasteiger partial charge is 0.330 e. The van der Waals surface area contributed by atoms with Crippen molar-refractivity contribution in [1.82, 2.24) is 5.32 Å². The summed E-state index contributed by atoms with van der Waals surface area (Å²) in [5.74, 6) is -1.03. The molecule has 7 heteroatoms. The fourth-order valence-corrected chi connectivity index (χ4v) is 4.75. The van der Waals surface area contributed by atoms with Crippen LogP contribution in [0.3, 0.4) is 0 Å². The Morgan fingerprint density at radius 2 is 2.11 bits per heavy atom. The number of allylic oxidation sites excluding steroid dienone is 3. The Balaban J connectivity index is 1.78. The number of esters is 1. The quantitative estimate of drug-likeness (QED) is 0.523. The molecule has 5 atom stereocenters. The summed E-state index contributed by atoms with van der Waals surface area (Å²) in [5, 5.41) is 13.7. The molecule has 27 heavy (non-hydrogen) atoms. The summed E-state index contributed by atoms with van der Waals surface area (Å²) in [6, 6.07) is -0.493. The van der Waals surface area contributed by atoms with Crippen LogP contribution in [0.1, 0.15) is 52.4 Å². The highest BCUT2D eigenvalue weighted by atomic mass is 32.2. The summed E-state index contributed by atoms with van der Waals surface area (Å²) < 4.78 is 11.7. The number of carbonyl (C=O) groups is 2. The molecule has 150 valence electrons. The van der Waals surface area contributed by atoms with Crippen LogP contribution in [0.4, 0.5) is 4.79 Å². The summed E-state index contributed by atoms with van der Waals surface area (Å²) >= 11 is 1.14. The first-order valence-corrected chi connectivity index (χ1v) is 10.7. The standard InChI is InChI=1S/C20H29NO5S/c1-13-5-3-4-6-14(2)9-18(22)25-16-10-15(8-7-13)26-20(24,11-16)17-12-27-19(23)21-17/h3,5,9,13,15-17,24H,4,6-8,10-12H2,1-2H3,(H,21,23)/b5-3?,14-9+/t13-,15-,16-,17+,20-/m1/s1. The van der Waals surface area contributed by atoms with Gasteiger partial charge in [-0.15, -0.1) is 0 Å². The highest BCUT2D eigenvalue weighted by Gasteiger charge is 2.49. The fourth-order valence-electron chi connectivity index (χ4n) is 3.86. The third kappa shape index (κ3) is 5.59. The predicted molar refractivity (Wildman–Crippen MR) is 104 cm³/mol. The minimum Gasteiger partial charge on any atom is -0.459 e. The lowest BCUT2D eigenvalue weighted by Crippen LogP contribution is -2.58. The van der Waals surface area contributed by atoms with Crippen molar-refractivity contribution in [2.24, 2.45) is 5.92 Å². The van der Waals surface area contributed by atoms with E-state index in [0.29, 0.717) is 18.1 Å². The highest BCUT2D eigenvalue weighted by molar-refractivity contribution is 8.14. The zero-order valence-corrected chi connectivity index (χ0v) is 16.8. The highest BCUT2D eigenvalue weighted by Crippen LogP contribution is 2.37. The number of carbonyl (C=O) groups excluding carboxylic acids is 2.